The van der Waals surface area contributed by atoms with Crippen molar-refractivity contribution in [2.75, 3.05) is 0 Å². The Hall–Kier alpha value is -1.82. The molecule has 110 valence electrons. The highest BCUT2D eigenvalue weighted by Crippen LogP contribution is 2.31. The first-order valence-corrected chi connectivity index (χ1v) is 7.63. The third-order valence-electron chi connectivity index (χ3n) is 3.86. The molecule has 1 aliphatic carbocycles. The summed E-state index contributed by atoms with van der Waals surface area (Å²) < 4.78 is 15.7. The minimum Gasteiger partial charge on any atom is -0.250 e. The molecule has 1 heterocycles. The van der Waals surface area contributed by atoms with Crippen molar-refractivity contribution in [2.24, 2.45) is 5.10 Å². The molecule has 4 nitrogen and oxygen atoms in total. The van der Waals surface area contributed by atoms with E-state index in [1.54, 1.807) is 22.9 Å². The Labute approximate surface area is 127 Å². The van der Waals surface area contributed by atoms with Crippen molar-refractivity contribution in [3.05, 3.63) is 46.2 Å². The minimum atomic E-state index is -0.296. The van der Waals surface area contributed by atoms with Gasteiger partial charge in [-0.15, -0.1) is 0 Å². The smallest absolute Gasteiger partial charge is 0.216 e. The van der Waals surface area contributed by atoms with E-state index >= 15 is 0 Å². The summed E-state index contributed by atoms with van der Waals surface area (Å²) in [5, 5.41) is 11.4. The highest BCUT2D eigenvalue weighted by Gasteiger charge is 2.21. The van der Waals surface area contributed by atoms with Crippen molar-refractivity contribution in [3.8, 4) is 0 Å². The van der Waals surface area contributed by atoms with Gasteiger partial charge in [0, 0.05) is 11.5 Å². The van der Waals surface area contributed by atoms with Gasteiger partial charge in [0.15, 0.2) is 5.82 Å². The van der Waals surface area contributed by atoms with Gasteiger partial charge in [-0.2, -0.15) is 14.9 Å². The predicted molar refractivity (Wildman–Crippen MR) is 82.6 cm³/mol. The Morgan fingerprint density at radius 2 is 2.05 bits per heavy atom. The lowest BCUT2D eigenvalue weighted by atomic mass is 9.89. The zero-order valence-electron chi connectivity index (χ0n) is 11.6. The molecule has 0 spiro atoms. The van der Waals surface area contributed by atoms with Gasteiger partial charge < -0.3 is 0 Å². The molecule has 0 bridgehead atoms. The van der Waals surface area contributed by atoms with Crippen LogP contribution in [0.4, 0.5) is 4.39 Å². The summed E-state index contributed by atoms with van der Waals surface area (Å²) in [6.07, 6.45) is 7.40. The van der Waals surface area contributed by atoms with Crippen LogP contribution in [0.3, 0.4) is 0 Å². The van der Waals surface area contributed by atoms with Gasteiger partial charge in [0.1, 0.15) is 5.82 Å². The second-order valence-corrected chi connectivity index (χ2v) is 5.69. The van der Waals surface area contributed by atoms with Crippen LogP contribution in [0.15, 0.2) is 29.4 Å². The molecule has 0 saturated heterocycles. The van der Waals surface area contributed by atoms with E-state index in [9.17, 15) is 4.39 Å². The number of halogens is 1. The zero-order valence-corrected chi connectivity index (χ0v) is 12.4. The van der Waals surface area contributed by atoms with E-state index < -0.39 is 0 Å². The molecule has 0 amide bonds. The lowest BCUT2D eigenvalue weighted by Crippen LogP contribution is -2.10. The van der Waals surface area contributed by atoms with Gasteiger partial charge >= 0.3 is 0 Å². The minimum absolute atomic E-state index is 0.296. The molecular formula is C15H17FN4S. The second-order valence-electron chi connectivity index (χ2n) is 5.30. The lowest BCUT2D eigenvalue weighted by Gasteiger charge is -2.19. The molecule has 1 aromatic carbocycles. The standard InChI is InChI=1S/C15H17FN4S/c16-13-9-5-4-8-12(13)10-17-20-14(18-19-15(20)21)11-6-2-1-3-7-11/h4-5,8-11H,1-3,6-7H2,(H,19,21)/b17-10+. The van der Waals surface area contributed by atoms with Crippen LogP contribution >= 0.6 is 12.2 Å². The first-order valence-electron chi connectivity index (χ1n) is 7.22. The largest absolute Gasteiger partial charge is 0.250 e. The Balaban J connectivity index is 1.90. The first-order chi connectivity index (χ1) is 10.3. The van der Waals surface area contributed by atoms with Crippen molar-refractivity contribution >= 4 is 18.4 Å². The molecule has 0 radical (unpaired) electrons. The van der Waals surface area contributed by atoms with E-state index in [-0.39, 0.29) is 5.82 Å². The second kappa shape index (κ2) is 6.30. The van der Waals surface area contributed by atoms with Crippen molar-refractivity contribution < 1.29 is 4.39 Å². The summed E-state index contributed by atoms with van der Waals surface area (Å²) in [5.41, 5.74) is 0.440. The van der Waals surface area contributed by atoms with Gasteiger partial charge in [-0.1, -0.05) is 37.5 Å². The van der Waals surface area contributed by atoms with Crippen LogP contribution in [0.25, 0.3) is 0 Å². The fourth-order valence-electron chi connectivity index (χ4n) is 2.74. The van der Waals surface area contributed by atoms with Crippen molar-refractivity contribution in [1.29, 1.82) is 0 Å². The maximum atomic E-state index is 13.6. The van der Waals surface area contributed by atoms with Crippen LogP contribution in [0.5, 0.6) is 0 Å². The molecule has 6 heteroatoms. The van der Waals surface area contributed by atoms with Crippen LogP contribution in [-0.4, -0.2) is 21.1 Å². The Bertz CT molecular complexity index is 698. The Morgan fingerprint density at radius 1 is 1.29 bits per heavy atom. The number of hydrogen-bond acceptors (Lipinski definition) is 3. The maximum absolute atomic E-state index is 13.6. The van der Waals surface area contributed by atoms with Gasteiger partial charge in [-0.05, 0) is 31.1 Å². The van der Waals surface area contributed by atoms with Gasteiger partial charge in [-0.25, -0.2) is 4.39 Å². The SMILES string of the molecule is Fc1ccccc1/C=N/n1c(C2CCCCC2)n[nH]c1=S. The van der Waals surface area contributed by atoms with E-state index in [1.165, 1.54) is 31.5 Å². The lowest BCUT2D eigenvalue weighted by molar-refractivity contribution is 0.419. The summed E-state index contributed by atoms with van der Waals surface area (Å²) in [6, 6.07) is 6.53. The van der Waals surface area contributed by atoms with E-state index in [0.717, 1.165) is 18.7 Å². The van der Waals surface area contributed by atoms with Gasteiger partial charge in [0.05, 0.1) is 6.21 Å². The predicted octanol–water partition coefficient (Wildman–Crippen LogP) is 4.01. The van der Waals surface area contributed by atoms with Crippen LogP contribution < -0.4 is 0 Å². The average molecular weight is 304 g/mol. The maximum Gasteiger partial charge on any atom is 0.216 e. The Kier molecular flexibility index (Phi) is 4.24. The third-order valence-corrected chi connectivity index (χ3v) is 4.13. The number of nitrogens with one attached hydrogen (secondary N) is 1. The van der Waals surface area contributed by atoms with E-state index in [1.807, 2.05) is 0 Å². The monoisotopic (exact) mass is 304 g/mol. The molecule has 2 aromatic rings. The number of H-pyrrole nitrogens is 1. The van der Waals surface area contributed by atoms with Crippen LogP contribution in [0, 0.1) is 10.6 Å². The zero-order chi connectivity index (χ0) is 14.7. The molecule has 1 N–H and O–H groups in total. The van der Waals surface area contributed by atoms with Crippen LogP contribution in [-0.2, 0) is 0 Å². The van der Waals surface area contributed by atoms with Crippen molar-refractivity contribution in [1.82, 2.24) is 14.9 Å². The molecule has 1 aromatic heterocycles. The van der Waals surface area contributed by atoms with E-state index in [2.05, 4.69) is 15.3 Å². The molecule has 0 atom stereocenters. The van der Waals surface area contributed by atoms with Crippen molar-refractivity contribution in [3.63, 3.8) is 0 Å². The topological polar surface area (TPSA) is 46.0 Å². The molecule has 1 saturated carbocycles. The fourth-order valence-corrected chi connectivity index (χ4v) is 2.93. The number of rotatable bonds is 3. The third kappa shape index (κ3) is 3.10. The number of benzene rings is 1. The van der Waals surface area contributed by atoms with Crippen LogP contribution in [0.1, 0.15) is 49.4 Å². The molecule has 0 unspecified atom stereocenters. The number of aromatic nitrogens is 3. The number of hydrogen-bond donors (Lipinski definition) is 1. The average Bonchev–Trinajstić information content (AvgIpc) is 2.88. The van der Waals surface area contributed by atoms with Gasteiger partial charge in [-0.3, -0.25) is 5.10 Å². The molecule has 1 fully saturated rings. The number of aromatic amines is 1. The van der Waals surface area contributed by atoms with E-state index in [4.69, 9.17) is 12.2 Å². The molecular weight excluding hydrogens is 287 g/mol. The van der Waals surface area contributed by atoms with E-state index in [0.29, 0.717) is 16.3 Å². The fraction of sp³-hybridized carbons (Fsp3) is 0.400. The molecule has 0 aliphatic heterocycles. The molecule has 21 heavy (non-hydrogen) atoms. The summed E-state index contributed by atoms with van der Waals surface area (Å²) in [4.78, 5) is 0. The molecule has 1 aliphatic rings. The van der Waals surface area contributed by atoms with Crippen LogP contribution in [0.2, 0.25) is 0 Å². The summed E-state index contributed by atoms with van der Waals surface area (Å²) in [5.74, 6) is 0.937. The summed E-state index contributed by atoms with van der Waals surface area (Å²) in [6.45, 7) is 0. The highest BCUT2D eigenvalue weighted by atomic mass is 32.1. The summed E-state index contributed by atoms with van der Waals surface area (Å²) in [7, 11) is 0. The van der Waals surface area contributed by atoms with Crippen molar-refractivity contribution in [2.45, 2.75) is 38.0 Å². The quantitative estimate of drug-likeness (QED) is 0.688. The number of nitrogens with zero attached hydrogens (tertiary/aromatic N) is 3. The summed E-state index contributed by atoms with van der Waals surface area (Å²) >= 11 is 5.23. The van der Waals surface area contributed by atoms with Gasteiger partial charge in [0.2, 0.25) is 4.77 Å². The normalized spacial score (nSPS) is 16.6. The molecule has 3 rings (SSSR count). The first kappa shape index (κ1) is 14.1. The highest BCUT2D eigenvalue weighted by molar-refractivity contribution is 7.71. The van der Waals surface area contributed by atoms with Gasteiger partial charge in [0.25, 0.3) is 0 Å². The Morgan fingerprint density at radius 3 is 2.81 bits per heavy atom.